The van der Waals surface area contributed by atoms with Gasteiger partial charge in [0.05, 0.1) is 18.4 Å². The van der Waals surface area contributed by atoms with E-state index < -0.39 is 0 Å². The van der Waals surface area contributed by atoms with Gasteiger partial charge in [-0.05, 0) is 6.07 Å². The minimum absolute atomic E-state index is 0.0404. The zero-order chi connectivity index (χ0) is 17.2. The summed E-state index contributed by atoms with van der Waals surface area (Å²) < 4.78 is 6.92. The van der Waals surface area contributed by atoms with Gasteiger partial charge >= 0.3 is 0 Å². The third-order valence-corrected chi connectivity index (χ3v) is 4.33. The van der Waals surface area contributed by atoms with Crippen LogP contribution in [-0.4, -0.2) is 52.4 Å². The second-order valence-electron chi connectivity index (χ2n) is 7.17. The van der Waals surface area contributed by atoms with Crippen molar-refractivity contribution in [3.8, 4) is 0 Å². The summed E-state index contributed by atoms with van der Waals surface area (Å²) in [5.74, 6) is 0. The molecule has 0 unspecified atom stereocenters. The number of piperazine rings is 1. The lowest BCUT2D eigenvalue weighted by molar-refractivity contribution is 0.238. The molecule has 7 heteroatoms. The van der Waals surface area contributed by atoms with Crippen LogP contribution in [0, 0.1) is 0 Å². The largest absolute Gasteiger partial charge is 0.432 e. The van der Waals surface area contributed by atoms with Crippen molar-refractivity contribution < 1.29 is 4.42 Å². The molecule has 1 aliphatic rings. The van der Waals surface area contributed by atoms with Crippen molar-refractivity contribution in [1.29, 1.82) is 0 Å². The van der Waals surface area contributed by atoms with Crippen LogP contribution in [0.2, 0.25) is 0 Å². The molecule has 1 aliphatic heterocycles. The molecule has 0 saturated carbocycles. The van der Waals surface area contributed by atoms with Gasteiger partial charge in [-0.3, -0.25) is 9.69 Å². The molecule has 0 spiro atoms. The second-order valence-corrected chi connectivity index (χ2v) is 7.17. The summed E-state index contributed by atoms with van der Waals surface area (Å²) in [6.07, 6.45) is 3.27. The predicted octanol–water partition coefficient (Wildman–Crippen LogP) is 1.35. The molecule has 2 aromatic rings. The first-order chi connectivity index (χ1) is 11.4. The van der Waals surface area contributed by atoms with Crippen LogP contribution in [-0.2, 0) is 12.0 Å². The standard InChI is InChI=1S/C17H25N5O2/c1-17(2,3)14-4-5-15(23)22(19-14)12-9-20-7-10-21(11-8-20)16-18-6-13-24-16/h4-6,13H,7-12H2,1-3H3. The fourth-order valence-electron chi connectivity index (χ4n) is 2.78. The van der Waals surface area contributed by atoms with E-state index in [0.29, 0.717) is 12.6 Å². The summed E-state index contributed by atoms with van der Waals surface area (Å²) in [4.78, 5) is 20.7. The van der Waals surface area contributed by atoms with E-state index in [1.807, 2.05) is 6.07 Å². The summed E-state index contributed by atoms with van der Waals surface area (Å²) in [6.45, 7) is 11.4. The highest BCUT2D eigenvalue weighted by atomic mass is 16.4. The van der Waals surface area contributed by atoms with E-state index in [1.54, 1.807) is 23.2 Å². The molecular formula is C17H25N5O2. The maximum atomic E-state index is 12.0. The van der Waals surface area contributed by atoms with Crippen LogP contribution < -0.4 is 10.5 Å². The number of oxazole rings is 1. The Morgan fingerprint density at radius 2 is 1.88 bits per heavy atom. The summed E-state index contributed by atoms with van der Waals surface area (Å²) in [7, 11) is 0. The molecule has 0 bridgehead atoms. The fraction of sp³-hybridized carbons (Fsp3) is 0.588. The summed E-state index contributed by atoms with van der Waals surface area (Å²) in [5.41, 5.74) is 0.842. The molecule has 24 heavy (non-hydrogen) atoms. The highest BCUT2D eigenvalue weighted by Gasteiger charge is 2.20. The monoisotopic (exact) mass is 331 g/mol. The number of rotatable bonds is 4. The van der Waals surface area contributed by atoms with Gasteiger partial charge in [0.15, 0.2) is 0 Å². The van der Waals surface area contributed by atoms with Crippen molar-refractivity contribution in [2.75, 3.05) is 37.6 Å². The molecule has 0 aliphatic carbocycles. The lowest BCUT2D eigenvalue weighted by atomic mass is 9.92. The molecule has 7 nitrogen and oxygen atoms in total. The van der Waals surface area contributed by atoms with Gasteiger partial charge in [-0.2, -0.15) is 5.10 Å². The molecule has 3 heterocycles. The minimum Gasteiger partial charge on any atom is -0.432 e. The van der Waals surface area contributed by atoms with E-state index in [4.69, 9.17) is 4.42 Å². The molecule has 0 N–H and O–H groups in total. The summed E-state index contributed by atoms with van der Waals surface area (Å²) >= 11 is 0. The molecule has 130 valence electrons. The number of hydrogen-bond donors (Lipinski definition) is 0. The van der Waals surface area contributed by atoms with Crippen molar-refractivity contribution in [3.63, 3.8) is 0 Å². The van der Waals surface area contributed by atoms with Gasteiger partial charge in [0.2, 0.25) is 0 Å². The second kappa shape index (κ2) is 6.76. The number of aromatic nitrogens is 3. The zero-order valence-corrected chi connectivity index (χ0v) is 14.6. The molecular weight excluding hydrogens is 306 g/mol. The molecule has 2 aromatic heterocycles. The van der Waals surface area contributed by atoms with E-state index in [9.17, 15) is 4.79 Å². The van der Waals surface area contributed by atoms with Crippen LogP contribution in [0.25, 0.3) is 0 Å². The normalized spacial score (nSPS) is 16.5. The Kier molecular flexibility index (Phi) is 4.71. The lowest BCUT2D eigenvalue weighted by Gasteiger charge is -2.33. The average Bonchev–Trinajstić information content (AvgIpc) is 3.08. The van der Waals surface area contributed by atoms with Crippen LogP contribution >= 0.6 is 0 Å². The number of nitrogens with zero attached hydrogens (tertiary/aromatic N) is 5. The predicted molar refractivity (Wildman–Crippen MR) is 92.4 cm³/mol. The quantitative estimate of drug-likeness (QED) is 0.842. The third kappa shape index (κ3) is 3.84. The van der Waals surface area contributed by atoms with E-state index >= 15 is 0 Å². The zero-order valence-electron chi connectivity index (χ0n) is 14.6. The topological polar surface area (TPSA) is 67.4 Å². The van der Waals surface area contributed by atoms with Crippen LogP contribution in [0.3, 0.4) is 0 Å². The van der Waals surface area contributed by atoms with Gasteiger partial charge in [-0.15, -0.1) is 0 Å². The average molecular weight is 331 g/mol. The Balaban J connectivity index is 1.56. The number of hydrogen-bond acceptors (Lipinski definition) is 6. The first-order valence-electron chi connectivity index (χ1n) is 8.39. The molecule has 1 fully saturated rings. The van der Waals surface area contributed by atoms with E-state index in [1.165, 1.54) is 0 Å². The molecule has 0 atom stereocenters. The maximum Gasteiger partial charge on any atom is 0.297 e. The molecule has 1 saturated heterocycles. The highest BCUT2D eigenvalue weighted by Crippen LogP contribution is 2.18. The Labute approximate surface area is 141 Å². The Morgan fingerprint density at radius 1 is 1.12 bits per heavy atom. The molecule has 0 aromatic carbocycles. The van der Waals surface area contributed by atoms with Crippen LogP contribution in [0.15, 0.2) is 33.8 Å². The van der Waals surface area contributed by atoms with Crippen molar-refractivity contribution >= 4 is 6.01 Å². The lowest BCUT2D eigenvalue weighted by Crippen LogP contribution is -2.47. The Morgan fingerprint density at radius 3 is 2.50 bits per heavy atom. The van der Waals surface area contributed by atoms with Crippen molar-refractivity contribution in [3.05, 3.63) is 40.6 Å². The first kappa shape index (κ1) is 16.7. The molecule has 0 amide bonds. The van der Waals surface area contributed by atoms with Gasteiger partial charge in [0.25, 0.3) is 11.6 Å². The SMILES string of the molecule is CC(C)(C)c1ccc(=O)n(CCN2CCN(c3ncco3)CC2)n1. The van der Waals surface area contributed by atoms with E-state index in [2.05, 4.69) is 40.7 Å². The minimum atomic E-state index is -0.0584. The summed E-state index contributed by atoms with van der Waals surface area (Å²) in [5, 5.41) is 4.53. The van der Waals surface area contributed by atoms with E-state index in [0.717, 1.165) is 38.4 Å². The van der Waals surface area contributed by atoms with Gasteiger partial charge in [0, 0.05) is 44.2 Å². The van der Waals surface area contributed by atoms with Crippen molar-refractivity contribution in [2.24, 2.45) is 0 Å². The van der Waals surface area contributed by atoms with Crippen molar-refractivity contribution in [1.82, 2.24) is 19.7 Å². The van der Waals surface area contributed by atoms with Gasteiger partial charge in [-0.1, -0.05) is 20.8 Å². The van der Waals surface area contributed by atoms with Crippen molar-refractivity contribution in [2.45, 2.75) is 32.7 Å². The first-order valence-corrected chi connectivity index (χ1v) is 8.39. The van der Waals surface area contributed by atoms with Crippen LogP contribution in [0.4, 0.5) is 6.01 Å². The fourth-order valence-corrected chi connectivity index (χ4v) is 2.78. The molecule has 0 radical (unpaired) electrons. The number of anilines is 1. The Bertz CT molecular complexity index is 709. The van der Waals surface area contributed by atoms with E-state index in [-0.39, 0.29) is 11.0 Å². The highest BCUT2D eigenvalue weighted by molar-refractivity contribution is 5.25. The van der Waals surface area contributed by atoms with Crippen LogP contribution in [0.5, 0.6) is 0 Å². The molecule has 3 rings (SSSR count). The van der Waals surface area contributed by atoms with Gasteiger partial charge in [0.1, 0.15) is 6.26 Å². The van der Waals surface area contributed by atoms with Gasteiger partial charge in [-0.25, -0.2) is 9.67 Å². The third-order valence-electron chi connectivity index (χ3n) is 4.33. The smallest absolute Gasteiger partial charge is 0.297 e. The summed E-state index contributed by atoms with van der Waals surface area (Å²) in [6, 6.07) is 4.13. The van der Waals surface area contributed by atoms with Crippen LogP contribution in [0.1, 0.15) is 26.5 Å². The van der Waals surface area contributed by atoms with Gasteiger partial charge < -0.3 is 9.32 Å². The Hall–Kier alpha value is -2.15. The maximum absolute atomic E-state index is 12.0.